The summed E-state index contributed by atoms with van der Waals surface area (Å²) < 4.78 is 0.913. The first-order valence-electron chi connectivity index (χ1n) is 7.84. The largest absolute Gasteiger partial charge is 0.349 e. The van der Waals surface area contributed by atoms with Crippen LogP contribution in [-0.4, -0.2) is 36.0 Å². The van der Waals surface area contributed by atoms with Crippen LogP contribution in [0.5, 0.6) is 0 Å². The summed E-state index contributed by atoms with van der Waals surface area (Å²) in [7, 11) is 2.24. The van der Waals surface area contributed by atoms with E-state index >= 15 is 0 Å². The summed E-state index contributed by atoms with van der Waals surface area (Å²) in [5.74, 6) is 0.0539. The number of carbonyl (C=O) groups is 1. The number of benzene rings is 1. The van der Waals surface area contributed by atoms with E-state index < -0.39 is 0 Å². The second kappa shape index (κ2) is 6.09. The molecule has 21 heavy (non-hydrogen) atoms. The van der Waals surface area contributed by atoms with Crippen molar-refractivity contribution in [2.75, 3.05) is 7.05 Å². The number of aryl methyl sites for hydroxylation is 1. The van der Waals surface area contributed by atoms with Crippen LogP contribution in [0.4, 0.5) is 0 Å². The van der Waals surface area contributed by atoms with Crippen LogP contribution in [0, 0.1) is 6.92 Å². The minimum atomic E-state index is 0.0539. The van der Waals surface area contributed by atoms with E-state index in [1.54, 1.807) is 0 Å². The van der Waals surface area contributed by atoms with Gasteiger partial charge in [0.2, 0.25) is 0 Å². The van der Waals surface area contributed by atoms with Crippen molar-refractivity contribution >= 4 is 21.8 Å². The molecule has 3 nitrogen and oxygen atoms in total. The molecule has 1 amide bonds. The molecule has 3 rings (SSSR count). The number of hydrogen-bond acceptors (Lipinski definition) is 2. The Morgan fingerprint density at radius 3 is 2.62 bits per heavy atom. The molecule has 0 radical (unpaired) electrons. The number of piperidine rings is 2. The highest BCUT2D eigenvalue weighted by Gasteiger charge is 2.36. The van der Waals surface area contributed by atoms with Crippen LogP contribution in [-0.2, 0) is 0 Å². The first-order valence-corrected chi connectivity index (χ1v) is 8.63. The lowest BCUT2D eigenvalue weighted by atomic mass is 9.82. The second-order valence-electron chi connectivity index (χ2n) is 6.48. The van der Waals surface area contributed by atoms with E-state index in [4.69, 9.17) is 0 Å². The van der Waals surface area contributed by atoms with Crippen molar-refractivity contribution in [3.63, 3.8) is 0 Å². The average molecular weight is 351 g/mol. The molecular weight excluding hydrogens is 328 g/mol. The summed E-state index contributed by atoms with van der Waals surface area (Å²) >= 11 is 3.53. The molecule has 2 aliphatic heterocycles. The molecule has 2 aliphatic rings. The molecule has 2 fully saturated rings. The highest BCUT2D eigenvalue weighted by molar-refractivity contribution is 9.10. The van der Waals surface area contributed by atoms with Crippen LogP contribution in [0.1, 0.15) is 48.0 Å². The molecule has 4 heteroatoms. The third-order valence-electron chi connectivity index (χ3n) is 5.11. The van der Waals surface area contributed by atoms with E-state index in [1.165, 1.54) is 19.3 Å². The lowest BCUT2D eigenvalue weighted by Crippen LogP contribution is -2.55. The summed E-state index contributed by atoms with van der Waals surface area (Å²) in [5, 5.41) is 3.26. The molecule has 0 spiro atoms. The molecule has 2 unspecified atom stereocenters. The minimum Gasteiger partial charge on any atom is -0.349 e. The Hall–Kier alpha value is -0.870. The van der Waals surface area contributed by atoms with Crippen LogP contribution in [0.15, 0.2) is 22.7 Å². The maximum atomic E-state index is 12.5. The molecule has 0 aromatic heterocycles. The van der Waals surface area contributed by atoms with Crippen molar-refractivity contribution in [2.45, 2.75) is 57.2 Å². The average Bonchev–Trinajstić information content (AvgIpc) is 2.43. The van der Waals surface area contributed by atoms with Gasteiger partial charge in [0.25, 0.3) is 5.91 Å². The van der Waals surface area contributed by atoms with Crippen LogP contribution in [0.3, 0.4) is 0 Å². The number of carbonyl (C=O) groups excluding carboxylic acids is 1. The molecule has 1 aromatic rings. The summed E-state index contributed by atoms with van der Waals surface area (Å²) in [5.41, 5.74) is 1.85. The van der Waals surface area contributed by atoms with E-state index in [9.17, 15) is 4.79 Å². The van der Waals surface area contributed by atoms with Crippen molar-refractivity contribution in [3.05, 3.63) is 33.8 Å². The van der Waals surface area contributed by atoms with Gasteiger partial charge in [0.15, 0.2) is 0 Å². The topological polar surface area (TPSA) is 32.3 Å². The Bertz CT molecular complexity index is 532. The Morgan fingerprint density at radius 2 is 1.95 bits per heavy atom. The van der Waals surface area contributed by atoms with Gasteiger partial charge in [0.05, 0.1) is 5.56 Å². The van der Waals surface area contributed by atoms with Gasteiger partial charge >= 0.3 is 0 Å². The lowest BCUT2D eigenvalue weighted by Gasteiger charge is -2.47. The third-order valence-corrected chi connectivity index (χ3v) is 6.16. The smallest absolute Gasteiger partial charge is 0.252 e. The van der Waals surface area contributed by atoms with Gasteiger partial charge in [0, 0.05) is 22.6 Å². The maximum absolute atomic E-state index is 12.5. The quantitative estimate of drug-likeness (QED) is 0.885. The van der Waals surface area contributed by atoms with E-state index in [0.29, 0.717) is 18.1 Å². The number of rotatable bonds is 2. The normalized spacial score (nSPS) is 29.2. The number of nitrogens with zero attached hydrogens (tertiary/aromatic N) is 1. The first kappa shape index (κ1) is 15.0. The summed E-state index contributed by atoms with van der Waals surface area (Å²) in [6, 6.07) is 7.45. The van der Waals surface area contributed by atoms with Gasteiger partial charge in [-0.25, -0.2) is 0 Å². The zero-order valence-electron chi connectivity index (χ0n) is 12.7. The minimum absolute atomic E-state index is 0.0539. The van der Waals surface area contributed by atoms with Gasteiger partial charge in [-0.2, -0.15) is 0 Å². The van der Waals surface area contributed by atoms with Gasteiger partial charge in [-0.1, -0.05) is 18.6 Å². The van der Waals surface area contributed by atoms with Gasteiger partial charge in [-0.15, -0.1) is 0 Å². The highest BCUT2D eigenvalue weighted by atomic mass is 79.9. The number of halogens is 1. The fraction of sp³-hybridized carbons (Fsp3) is 0.588. The summed E-state index contributed by atoms with van der Waals surface area (Å²) in [6.07, 6.45) is 6.05. The Balaban J connectivity index is 1.69. The molecular formula is C17H23BrN2O. The van der Waals surface area contributed by atoms with Crippen LogP contribution >= 0.6 is 15.9 Å². The number of amides is 1. The summed E-state index contributed by atoms with van der Waals surface area (Å²) in [6.45, 7) is 2.01. The van der Waals surface area contributed by atoms with Gasteiger partial charge in [-0.05, 0) is 67.2 Å². The van der Waals surface area contributed by atoms with Gasteiger partial charge in [0.1, 0.15) is 0 Å². The number of fused-ring (bicyclic) bond motifs is 2. The Kier molecular flexibility index (Phi) is 4.36. The molecule has 1 N–H and O–H groups in total. The summed E-state index contributed by atoms with van der Waals surface area (Å²) in [4.78, 5) is 15.1. The zero-order chi connectivity index (χ0) is 15.0. The zero-order valence-corrected chi connectivity index (χ0v) is 14.3. The van der Waals surface area contributed by atoms with E-state index in [1.807, 2.05) is 25.1 Å². The van der Waals surface area contributed by atoms with Crippen LogP contribution in [0.25, 0.3) is 0 Å². The van der Waals surface area contributed by atoms with Crippen molar-refractivity contribution in [1.82, 2.24) is 10.2 Å². The monoisotopic (exact) mass is 350 g/mol. The van der Waals surface area contributed by atoms with E-state index in [0.717, 1.165) is 28.4 Å². The number of nitrogens with one attached hydrogen (secondary N) is 1. The van der Waals surface area contributed by atoms with Crippen molar-refractivity contribution in [3.8, 4) is 0 Å². The Morgan fingerprint density at radius 1 is 1.29 bits per heavy atom. The van der Waals surface area contributed by atoms with E-state index in [2.05, 4.69) is 33.2 Å². The second-order valence-corrected chi connectivity index (χ2v) is 7.28. The lowest BCUT2D eigenvalue weighted by molar-refractivity contribution is 0.0463. The van der Waals surface area contributed by atoms with Gasteiger partial charge < -0.3 is 10.2 Å². The fourth-order valence-electron chi connectivity index (χ4n) is 3.82. The fourth-order valence-corrected chi connectivity index (χ4v) is 4.26. The molecule has 0 saturated carbocycles. The molecule has 2 saturated heterocycles. The van der Waals surface area contributed by atoms with Crippen LogP contribution in [0.2, 0.25) is 0 Å². The van der Waals surface area contributed by atoms with Crippen LogP contribution < -0.4 is 5.32 Å². The predicted molar refractivity (Wildman–Crippen MR) is 88.6 cm³/mol. The molecule has 2 bridgehead atoms. The molecule has 1 aromatic carbocycles. The SMILES string of the molecule is Cc1cccc(C(=O)NC2CC3CCCC(C2)N3C)c1Br. The number of hydrogen-bond donors (Lipinski definition) is 1. The predicted octanol–water partition coefficient (Wildman–Crippen LogP) is 3.50. The molecule has 2 atom stereocenters. The third kappa shape index (κ3) is 3.02. The molecule has 2 heterocycles. The maximum Gasteiger partial charge on any atom is 0.252 e. The Labute approximate surface area is 135 Å². The standard InChI is InChI=1S/C17H23BrN2O/c1-11-5-3-8-15(16(11)18)17(21)19-12-9-13-6-4-7-14(10-12)20(13)2/h3,5,8,12-14H,4,6-7,9-10H2,1-2H3,(H,19,21). The molecule has 114 valence electrons. The highest BCUT2D eigenvalue weighted by Crippen LogP contribution is 2.33. The van der Waals surface area contributed by atoms with Gasteiger partial charge in [-0.3, -0.25) is 4.79 Å². The van der Waals surface area contributed by atoms with Crippen molar-refractivity contribution < 1.29 is 4.79 Å². The van der Waals surface area contributed by atoms with E-state index in [-0.39, 0.29) is 5.91 Å². The first-order chi connectivity index (χ1) is 10.1. The van der Waals surface area contributed by atoms with Crippen molar-refractivity contribution in [2.24, 2.45) is 0 Å². The van der Waals surface area contributed by atoms with Crippen molar-refractivity contribution in [1.29, 1.82) is 0 Å². The molecule has 0 aliphatic carbocycles.